The molecular weight excluding hydrogens is 280 g/mol. The molecule has 21 heavy (non-hydrogen) atoms. The Morgan fingerprint density at radius 1 is 0.905 bits per heavy atom. The predicted octanol–water partition coefficient (Wildman–Crippen LogP) is 5.27. The molecule has 0 aromatic heterocycles. The van der Waals surface area contributed by atoms with Crippen LogP contribution >= 0.6 is 0 Å². The molecule has 0 amide bonds. The lowest BCUT2D eigenvalue weighted by Crippen LogP contribution is -2.24. The highest BCUT2D eigenvalue weighted by atomic mass is 32.2. The predicted molar refractivity (Wildman–Crippen MR) is 96.3 cm³/mol. The summed E-state index contributed by atoms with van der Waals surface area (Å²) in [5.41, 5.74) is 0. The van der Waals surface area contributed by atoms with Gasteiger partial charge in [0.15, 0.2) is 0 Å². The molecule has 0 aromatic carbocycles. The number of aliphatic carboxylic acids is 1. The van der Waals surface area contributed by atoms with Gasteiger partial charge in [-0.2, -0.15) is 0 Å². The SMILES string of the molecule is CCCCCCCCCCCC[S+](C)CC(CC)C(=O)O. The van der Waals surface area contributed by atoms with Crippen molar-refractivity contribution < 1.29 is 9.90 Å². The van der Waals surface area contributed by atoms with Crippen LogP contribution in [0.15, 0.2) is 0 Å². The number of unbranched alkanes of at least 4 members (excludes halogenated alkanes) is 9. The molecule has 0 aromatic rings. The third-order valence-corrected chi connectivity index (χ3v) is 6.13. The molecule has 2 unspecified atom stereocenters. The quantitative estimate of drug-likeness (QED) is 0.330. The Labute approximate surface area is 135 Å². The van der Waals surface area contributed by atoms with E-state index in [0.29, 0.717) is 0 Å². The van der Waals surface area contributed by atoms with Crippen molar-refractivity contribution in [3.63, 3.8) is 0 Å². The van der Waals surface area contributed by atoms with E-state index < -0.39 is 5.97 Å². The molecule has 0 aliphatic heterocycles. The molecule has 126 valence electrons. The van der Waals surface area contributed by atoms with E-state index in [1.807, 2.05) is 6.92 Å². The summed E-state index contributed by atoms with van der Waals surface area (Å²) in [4.78, 5) is 11.0. The fourth-order valence-corrected chi connectivity index (χ4v) is 4.56. The summed E-state index contributed by atoms with van der Waals surface area (Å²) in [6.45, 7) is 4.25. The van der Waals surface area contributed by atoms with Crippen LogP contribution in [-0.2, 0) is 15.7 Å². The Morgan fingerprint density at radius 3 is 1.81 bits per heavy atom. The molecule has 0 radical (unpaired) electrons. The summed E-state index contributed by atoms with van der Waals surface area (Å²) in [6, 6.07) is 0. The van der Waals surface area contributed by atoms with Gasteiger partial charge in [-0.05, 0) is 30.2 Å². The Bertz CT molecular complexity index is 243. The normalized spacial score (nSPS) is 14.0. The van der Waals surface area contributed by atoms with Crippen molar-refractivity contribution in [1.82, 2.24) is 0 Å². The number of hydrogen-bond donors (Lipinski definition) is 1. The lowest BCUT2D eigenvalue weighted by Gasteiger charge is -2.09. The molecule has 2 atom stereocenters. The minimum absolute atomic E-state index is 0.124. The van der Waals surface area contributed by atoms with Gasteiger partial charge in [0.25, 0.3) is 0 Å². The van der Waals surface area contributed by atoms with Crippen molar-refractivity contribution in [2.24, 2.45) is 5.92 Å². The van der Waals surface area contributed by atoms with E-state index in [-0.39, 0.29) is 16.8 Å². The van der Waals surface area contributed by atoms with Gasteiger partial charge in [-0.15, -0.1) is 0 Å². The van der Waals surface area contributed by atoms with Crippen molar-refractivity contribution in [3.8, 4) is 0 Å². The van der Waals surface area contributed by atoms with E-state index in [2.05, 4.69) is 13.2 Å². The second kappa shape index (κ2) is 14.7. The van der Waals surface area contributed by atoms with E-state index in [9.17, 15) is 4.79 Å². The number of carboxylic acids is 1. The van der Waals surface area contributed by atoms with Gasteiger partial charge >= 0.3 is 5.97 Å². The smallest absolute Gasteiger partial charge is 0.311 e. The Morgan fingerprint density at radius 2 is 1.38 bits per heavy atom. The average Bonchev–Trinajstić information content (AvgIpc) is 2.46. The van der Waals surface area contributed by atoms with Crippen molar-refractivity contribution in [1.29, 1.82) is 0 Å². The maximum Gasteiger partial charge on any atom is 0.311 e. The van der Waals surface area contributed by atoms with Crippen LogP contribution in [0.4, 0.5) is 0 Å². The molecule has 0 saturated carbocycles. The summed E-state index contributed by atoms with van der Waals surface area (Å²) in [5, 5.41) is 9.07. The van der Waals surface area contributed by atoms with Crippen molar-refractivity contribution in [3.05, 3.63) is 0 Å². The molecule has 0 aliphatic rings. The first-order valence-electron chi connectivity index (χ1n) is 8.93. The highest BCUT2D eigenvalue weighted by Crippen LogP contribution is 2.13. The van der Waals surface area contributed by atoms with Crippen LogP contribution in [0.25, 0.3) is 0 Å². The summed E-state index contributed by atoms with van der Waals surface area (Å²) in [7, 11) is 0.286. The molecule has 0 spiro atoms. The second-order valence-electron chi connectivity index (χ2n) is 6.28. The molecular formula is C18H37O2S+. The van der Waals surface area contributed by atoms with Crippen LogP contribution in [0.3, 0.4) is 0 Å². The zero-order chi connectivity index (χ0) is 15.9. The van der Waals surface area contributed by atoms with E-state index in [1.165, 1.54) is 70.0 Å². The summed E-state index contributed by atoms with van der Waals surface area (Å²) in [5.74, 6) is 1.37. The molecule has 3 heteroatoms. The second-order valence-corrected chi connectivity index (χ2v) is 8.58. The van der Waals surface area contributed by atoms with Crippen LogP contribution in [-0.4, -0.2) is 28.8 Å². The standard InChI is InChI=1S/C18H36O2S/c1-4-6-7-8-9-10-11-12-13-14-15-21(3)16-17(5-2)18(19)20/h17H,4-16H2,1-3H3/p+1. The summed E-state index contributed by atoms with van der Waals surface area (Å²) in [6.07, 6.45) is 16.7. The number of hydrogen-bond acceptors (Lipinski definition) is 1. The minimum Gasteiger partial charge on any atom is -0.481 e. The lowest BCUT2D eigenvalue weighted by atomic mass is 10.1. The van der Waals surface area contributed by atoms with Crippen LogP contribution in [0, 0.1) is 5.92 Å². The Kier molecular flexibility index (Phi) is 14.6. The van der Waals surface area contributed by atoms with Crippen LogP contribution < -0.4 is 0 Å². The van der Waals surface area contributed by atoms with Gasteiger partial charge in [0, 0.05) is 0 Å². The van der Waals surface area contributed by atoms with Gasteiger partial charge in [0.05, 0.1) is 6.26 Å². The van der Waals surface area contributed by atoms with Gasteiger partial charge in [-0.25, -0.2) is 0 Å². The minimum atomic E-state index is -0.611. The maximum atomic E-state index is 11.0. The lowest BCUT2D eigenvalue weighted by molar-refractivity contribution is -0.141. The van der Waals surface area contributed by atoms with E-state index in [0.717, 1.165) is 12.2 Å². The molecule has 2 nitrogen and oxygen atoms in total. The van der Waals surface area contributed by atoms with E-state index >= 15 is 0 Å². The van der Waals surface area contributed by atoms with Crippen molar-refractivity contribution in [2.75, 3.05) is 17.8 Å². The number of rotatable bonds is 15. The maximum absolute atomic E-state index is 11.0. The molecule has 0 fully saturated rings. The third-order valence-electron chi connectivity index (χ3n) is 4.17. The summed E-state index contributed by atoms with van der Waals surface area (Å²) >= 11 is 0. The molecule has 0 heterocycles. The largest absolute Gasteiger partial charge is 0.481 e. The van der Waals surface area contributed by atoms with Gasteiger partial charge in [0.1, 0.15) is 17.4 Å². The number of carbonyl (C=O) groups is 1. The van der Waals surface area contributed by atoms with Crippen LogP contribution in [0.1, 0.15) is 84.5 Å². The van der Waals surface area contributed by atoms with Gasteiger partial charge in [0.2, 0.25) is 0 Å². The zero-order valence-electron chi connectivity index (χ0n) is 14.5. The van der Waals surface area contributed by atoms with E-state index in [4.69, 9.17) is 5.11 Å². The fraction of sp³-hybridized carbons (Fsp3) is 0.944. The first-order chi connectivity index (χ1) is 10.1. The Hall–Kier alpha value is -0.180. The molecule has 0 saturated heterocycles. The average molecular weight is 318 g/mol. The fourth-order valence-electron chi connectivity index (χ4n) is 2.63. The number of carboxylic acid groups (broad SMARTS) is 1. The molecule has 0 aliphatic carbocycles. The van der Waals surface area contributed by atoms with Gasteiger partial charge in [-0.3, -0.25) is 4.79 Å². The van der Waals surface area contributed by atoms with E-state index in [1.54, 1.807) is 0 Å². The molecule has 0 rings (SSSR count). The third kappa shape index (κ3) is 13.2. The highest BCUT2D eigenvalue weighted by Gasteiger charge is 2.23. The first kappa shape index (κ1) is 20.8. The molecule has 0 bridgehead atoms. The topological polar surface area (TPSA) is 37.3 Å². The highest BCUT2D eigenvalue weighted by molar-refractivity contribution is 7.96. The first-order valence-corrected chi connectivity index (χ1v) is 10.9. The van der Waals surface area contributed by atoms with Crippen LogP contribution in [0.2, 0.25) is 0 Å². The van der Waals surface area contributed by atoms with Gasteiger partial charge < -0.3 is 5.11 Å². The van der Waals surface area contributed by atoms with Gasteiger partial charge in [-0.1, -0.05) is 65.2 Å². The summed E-state index contributed by atoms with van der Waals surface area (Å²) < 4.78 is 0. The van der Waals surface area contributed by atoms with Crippen molar-refractivity contribution in [2.45, 2.75) is 84.5 Å². The monoisotopic (exact) mass is 317 g/mol. The Balaban J connectivity index is 3.36. The zero-order valence-corrected chi connectivity index (χ0v) is 15.3. The van der Waals surface area contributed by atoms with Crippen LogP contribution in [0.5, 0.6) is 0 Å². The van der Waals surface area contributed by atoms with Crippen molar-refractivity contribution >= 4 is 16.9 Å². The molecule has 1 N–H and O–H groups in total.